The Kier molecular flexibility index (Phi) is 6.48. The summed E-state index contributed by atoms with van der Waals surface area (Å²) in [7, 11) is -1.96. The first-order chi connectivity index (χ1) is 13.9. The first-order valence-corrected chi connectivity index (χ1v) is 10.9. The highest BCUT2D eigenvalue weighted by atomic mass is 32.2. The van der Waals surface area contributed by atoms with Gasteiger partial charge in [0, 0.05) is 6.07 Å². The number of anilines is 1. The van der Waals surface area contributed by atoms with Gasteiger partial charge in [-0.1, -0.05) is 18.2 Å². The van der Waals surface area contributed by atoms with E-state index >= 15 is 0 Å². The molecule has 0 unspecified atom stereocenters. The first kappa shape index (κ1) is 20.8. The number of hydrogen-bond acceptors (Lipinski definition) is 6. The Bertz CT molecular complexity index is 963. The maximum Gasteiger partial charge on any atom is 0.263 e. The molecule has 2 aromatic carbocycles. The van der Waals surface area contributed by atoms with E-state index in [1.54, 1.807) is 50.4 Å². The summed E-state index contributed by atoms with van der Waals surface area (Å²) in [6, 6.07) is 13.9. The maximum absolute atomic E-state index is 12.5. The van der Waals surface area contributed by atoms with E-state index in [-0.39, 0.29) is 25.4 Å². The van der Waals surface area contributed by atoms with Gasteiger partial charge >= 0.3 is 0 Å². The topological polar surface area (TPSA) is 94.2 Å². The zero-order chi connectivity index (χ0) is 20.9. The molecule has 29 heavy (non-hydrogen) atoms. The van der Waals surface area contributed by atoms with Gasteiger partial charge in [-0.15, -0.1) is 0 Å². The van der Waals surface area contributed by atoms with Crippen molar-refractivity contribution in [2.75, 3.05) is 36.9 Å². The molecule has 8 nitrogen and oxygen atoms in total. The molecular formula is C20H24N2O6S. The fourth-order valence-corrected chi connectivity index (χ4v) is 4.03. The van der Waals surface area contributed by atoms with Crippen LogP contribution in [0, 0.1) is 0 Å². The number of rotatable bonds is 8. The normalized spacial score (nSPS) is 15.8. The molecule has 3 rings (SSSR count). The van der Waals surface area contributed by atoms with Crippen LogP contribution < -0.4 is 23.8 Å². The predicted octanol–water partition coefficient (Wildman–Crippen LogP) is 1.81. The van der Waals surface area contributed by atoms with Crippen molar-refractivity contribution in [2.45, 2.75) is 13.0 Å². The molecule has 9 heteroatoms. The number of amides is 1. The van der Waals surface area contributed by atoms with Crippen LogP contribution in [-0.4, -0.2) is 53.0 Å². The quantitative estimate of drug-likeness (QED) is 0.655. The molecule has 0 saturated heterocycles. The van der Waals surface area contributed by atoms with E-state index in [9.17, 15) is 13.2 Å². The molecule has 156 valence electrons. The summed E-state index contributed by atoms with van der Waals surface area (Å²) >= 11 is 0. The van der Waals surface area contributed by atoms with E-state index in [2.05, 4.69) is 5.32 Å². The van der Waals surface area contributed by atoms with E-state index in [1.165, 1.54) is 4.31 Å². The molecule has 0 radical (unpaired) electrons. The van der Waals surface area contributed by atoms with Gasteiger partial charge in [-0.2, -0.15) is 0 Å². The summed E-state index contributed by atoms with van der Waals surface area (Å²) in [4.78, 5) is 12.5. The average molecular weight is 420 g/mol. The molecular weight excluding hydrogens is 396 g/mol. The Morgan fingerprint density at radius 3 is 2.72 bits per heavy atom. The van der Waals surface area contributed by atoms with Crippen molar-refractivity contribution >= 4 is 21.6 Å². The minimum atomic E-state index is -3.53. The van der Waals surface area contributed by atoms with Crippen LogP contribution in [0.3, 0.4) is 0 Å². The number of carbonyl (C=O) groups is 1. The van der Waals surface area contributed by atoms with E-state index in [4.69, 9.17) is 14.2 Å². The van der Waals surface area contributed by atoms with Crippen molar-refractivity contribution in [1.29, 1.82) is 0 Å². The first-order valence-electron chi connectivity index (χ1n) is 9.25. The van der Waals surface area contributed by atoms with Crippen LogP contribution in [0.15, 0.2) is 48.5 Å². The van der Waals surface area contributed by atoms with Gasteiger partial charge in [0.05, 0.1) is 31.6 Å². The zero-order valence-corrected chi connectivity index (χ0v) is 17.1. The molecule has 0 fully saturated rings. The van der Waals surface area contributed by atoms with Crippen molar-refractivity contribution < 1.29 is 27.4 Å². The van der Waals surface area contributed by atoms with E-state index in [1.807, 2.05) is 12.1 Å². The van der Waals surface area contributed by atoms with Gasteiger partial charge in [-0.3, -0.25) is 9.10 Å². The van der Waals surface area contributed by atoms with E-state index in [0.717, 1.165) is 0 Å². The van der Waals surface area contributed by atoms with Crippen LogP contribution in [0.2, 0.25) is 0 Å². The molecule has 0 spiro atoms. The molecule has 0 bridgehead atoms. The minimum Gasteiger partial charge on any atom is -0.497 e. The van der Waals surface area contributed by atoms with Crippen molar-refractivity contribution in [1.82, 2.24) is 5.32 Å². The third kappa shape index (κ3) is 4.92. The van der Waals surface area contributed by atoms with Crippen molar-refractivity contribution in [2.24, 2.45) is 0 Å². The van der Waals surface area contributed by atoms with Crippen LogP contribution in [0.5, 0.6) is 17.2 Å². The standard InChI is InChI=1S/C20H24N2O6S/c1-3-29(24,25)22-14-19(28-18-10-5-4-9-17(18)22)20(23)21-11-12-27-16-8-6-7-15(13-16)26-2/h4-10,13,19H,3,11-12,14H2,1-2H3,(H,21,23)/t19-/m1/s1. The summed E-state index contributed by atoms with van der Waals surface area (Å²) in [5, 5.41) is 2.73. The number of carbonyl (C=O) groups excluding carboxylic acids is 1. The number of ether oxygens (including phenoxy) is 3. The summed E-state index contributed by atoms with van der Waals surface area (Å²) in [6.07, 6.45) is -0.942. The third-order valence-corrected chi connectivity index (χ3v) is 6.19. The lowest BCUT2D eigenvalue weighted by molar-refractivity contribution is -0.127. The number of sulfonamides is 1. The molecule has 1 atom stereocenters. The molecule has 1 heterocycles. The Labute approximate surface area is 170 Å². The molecule has 1 N–H and O–H groups in total. The summed E-state index contributed by atoms with van der Waals surface area (Å²) in [5.74, 6) is 1.21. The lowest BCUT2D eigenvalue weighted by Crippen LogP contribution is -2.51. The van der Waals surface area contributed by atoms with E-state index < -0.39 is 22.0 Å². The smallest absolute Gasteiger partial charge is 0.263 e. The molecule has 1 aliphatic heterocycles. The van der Waals surface area contributed by atoms with Gasteiger partial charge < -0.3 is 19.5 Å². The zero-order valence-electron chi connectivity index (χ0n) is 16.3. The Morgan fingerprint density at radius 1 is 1.21 bits per heavy atom. The van der Waals surface area contributed by atoms with Crippen LogP contribution in [0.4, 0.5) is 5.69 Å². The maximum atomic E-state index is 12.5. The van der Waals surface area contributed by atoms with Gasteiger partial charge in [-0.25, -0.2) is 8.42 Å². The SMILES string of the molecule is CCS(=O)(=O)N1C[C@H](C(=O)NCCOc2cccc(OC)c2)Oc2ccccc21. The number of benzene rings is 2. The molecule has 0 saturated carbocycles. The minimum absolute atomic E-state index is 0.0654. The third-order valence-electron chi connectivity index (χ3n) is 4.44. The number of methoxy groups -OCH3 is 1. The molecule has 0 aliphatic carbocycles. The summed E-state index contributed by atoms with van der Waals surface area (Å²) in [6.45, 7) is 1.99. The number of fused-ring (bicyclic) bond motifs is 1. The van der Waals surface area contributed by atoms with Crippen LogP contribution in [0.25, 0.3) is 0 Å². The number of nitrogens with zero attached hydrogens (tertiary/aromatic N) is 1. The molecule has 1 amide bonds. The second kappa shape index (κ2) is 9.04. The van der Waals surface area contributed by atoms with Gasteiger partial charge in [0.1, 0.15) is 23.9 Å². The monoisotopic (exact) mass is 420 g/mol. The van der Waals surface area contributed by atoms with Crippen molar-refractivity contribution in [3.8, 4) is 17.2 Å². The van der Waals surface area contributed by atoms with Gasteiger partial charge in [0.15, 0.2) is 6.10 Å². The van der Waals surface area contributed by atoms with Gasteiger partial charge in [-0.05, 0) is 31.2 Å². The van der Waals surface area contributed by atoms with Gasteiger partial charge in [0.25, 0.3) is 5.91 Å². The lowest BCUT2D eigenvalue weighted by Gasteiger charge is -2.34. The van der Waals surface area contributed by atoms with Crippen molar-refractivity contribution in [3.05, 3.63) is 48.5 Å². The fraction of sp³-hybridized carbons (Fsp3) is 0.350. The van der Waals surface area contributed by atoms with Crippen molar-refractivity contribution in [3.63, 3.8) is 0 Å². The highest BCUT2D eigenvalue weighted by Gasteiger charge is 2.35. The number of nitrogens with one attached hydrogen (secondary N) is 1. The predicted molar refractivity (Wildman–Crippen MR) is 109 cm³/mol. The summed E-state index contributed by atoms with van der Waals surface area (Å²) < 4.78 is 42.6. The highest BCUT2D eigenvalue weighted by molar-refractivity contribution is 7.92. The van der Waals surface area contributed by atoms with Gasteiger partial charge in [0.2, 0.25) is 10.0 Å². The van der Waals surface area contributed by atoms with Crippen LogP contribution in [0.1, 0.15) is 6.92 Å². The number of para-hydroxylation sites is 2. The fourth-order valence-electron chi connectivity index (χ4n) is 2.91. The number of hydrogen-bond donors (Lipinski definition) is 1. The Balaban J connectivity index is 1.59. The Hall–Kier alpha value is -2.94. The van der Waals surface area contributed by atoms with Crippen LogP contribution >= 0.6 is 0 Å². The second-order valence-electron chi connectivity index (χ2n) is 6.32. The largest absolute Gasteiger partial charge is 0.497 e. The highest BCUT2D eigenvalue weighted by Crippen LogP contribution is 2.35. The average Bonchev–Trinajstić information content (AvgIpc) is 2.75. The summed E-state index contributed by atoms with van der Waals surface area (Å²) in [5.41, 5.74) is 0.444. The molecule has 1 aliphatic rings. The van der Waals surface area contributed by atoms with Crippen LogP contribution in [-0.2, 0) is 14.8 Å². The molecule has 0 aromatic heterocycles. The van der Waals surface area contributed by atoms with E-state index in [0.29, 0.717) is 22.9 Å². The Morgan fingerprint density at radius 2 is 1.97 bits per heavy atom. The second-order valence-corrected chi connectivity index (χ2v) is 8.51. The lowest BCUT2D eigenvalue weighted by atomic mass is 10.2. The molecule has 2 aromatic rings.